The topological polar surface area (TPSA) is 94.0 Å². The number of carbonyl (C=O) groups excluding carboxylic acids is 1. The van der Waals surface area contributed by atoms with Gasteiger partial charge in [-0.15, -0.1) is 23.7 Å². The molecule has 0 aliphatic rings. The Balaban J connectivity index is 0.00000289. The molecule has 4 aromatic rings. The van der Waals surface area contributed by atoms with Gasteiger partial charge in [0, 0.05) is 17.3 Å². The molecule has 0 radical (unpaired) electrons. The normalized spacial score (nSPS) is 11.0. The maximum atomic E-state index is 12.7. The maximum Gasteiger partial charge on any atom is 0.273 e. The number of pyridine rings is 1. The third-order valence-corrected chi connectivity index (χ3v) is 8.28. The Morgan fingerprint density at radius 3 is 2.53 bits per heavy atom. The molecule has 0 saturated heterocycles. The minimum absolute atomic E-state index is 0. The Kier molecular flexibility index (Phi) is 7.73. The van der Waals surface area contributed by atoms with Gasteiger partial charge in [-0.3, -0.25) is 9.78 Å². The zero-order valence-electron chi connectivity index (χ0n) is 16.8. The standard InChI is InChI=1S/C21H18N4O3S3.ClH/c1-15-13-17(25(23-15)16-5-3-2-4-6-16)14-19(26)24-31(27,28)21-8-7-20(30-21)29-18-9-11-22-12-10-18;/h2-13H,14H2,1H3,(H,24,26);1H. The maximum absolute atomic E-state index is 12.7. The summed E-state index contributed by atoms with van der Waals surface area (Å²) in [5.41, 5.74) is 2.15. The lowest BCUT2D eigenvalue weighted by atomic mass is 10.2. The summed E-state index contributed by atoms with van der Waals surface area (Å²) < 4.78 is 30.1. The molecule has 0 aliphatic heterocycles. The molecule has 3 aromatic heterocycles. The average molecular weight is 507 g/mol. The molecule has 0 unspecified atom stereocenters. The number of aryl methyl sites for hydroxylation is 1. The van der Waals surface area contributed by atoms with Crippen LogP contribution in [0.25, 0.3) is 5.69 Å². The van der Waals surface area contributed by atoms with Crippen molar-refractivity contribution in [2.24, 2.45) is 0 Å². The van der Waals surface area contributed by atoms with E-state index in [1.54, 1.807) is 29.2 Å². The highest BCUT2D eigenvalue weighted by Crippen LogP contribution is 2.34. The number of para-hydroxylation sites is 1. The summed E-state index contributed by atoms with van der Waals surface area (Å²) in [4.78, 5) is 17.5. The smallest absolute Gasteiger partial charge is 0.273 e. The fraction of sp³-hybridized carbons (Fsp3) is 0.0952. The first kappa shape index (κ1) is 24.0. The molecule has 0 aliphatic carbocycles. The zero-order chi connectivity index (χ0) is 21.8. The summed E-state index contributed by atoms with van der Waals surface area (Å²) in [6, 6.07) is 18.1. The quantitative estimate of drug-likeness (QED) is 0.402. The van der Waals surface area contributed by atoms with E-state index in [-0.39, 0.29) is 23.0 Å². The third kappa shape index (κ3) is 5.77. The molecule has 11 heteroatoms. The zero-order valence-corrected chi connectivity index (χ0v) is 20.1. The molecule has 4 rings (SSSR count). The predicted molar refractivity (Wildman–Crippen MR) is 127 cm³/mol. The number of carbonyl (C=O) groups is 1. The number of rotatable bonds is 7. The highest BCUT2D eigenvalue weighted by atomic mass is 35.5. The number of thiophene rings is 1. The molecule has 7 nitrogen and oxygen atoms in total. The van der Waals surface area contributed by atoms with Crippen molar-refractivity contribution in [2.75, 3.05) is 0 Å². The molecule has 166 valence electrons. The summed E-state index contributed by atoms with van der Waals surface area (Å²) in [5.74, 6) is -0.617. The van der Waals surface area contributed by atoms with Gasteiger partial charge < -0.3 is 0 Å². The molecular formula is C21H19ClN4O3S3. The van der Waals surface area contributed by atoms with Gasteiger partial charge in [-0.2, -0.15) is 5.10 Å². The van der Waals surface area contributed by atoms with Gasteiger partial charge in [0.15, 0.2) is 0 Å². The molecular weight excluding hydrogens is 488 g/mol. The van der Waals surface area contributed by atoms with Crippen molar-refractivity contribution in [2.45, 2.75) is 26.7 Å². The van der Waals surface area contributed by atoms with Gasteiger partial charge in [-0.1, -0.05) is 30.0 Å². The van der Waals surface area contributed by atoms with Crippen molar-refractivity contribution in [1.82, 2.24) is 19.5 Å². The Morgan fingerprint density at radius 2 is 1.81 bits per heavy atom. The molecule has 1 amide bonds. The monoisotopic (exact) mass is 506 g/mol. The lowest BCUT2D eigenvalue weighted by Crippen LogP contribution is -2.31. The van der Waals surface area contributed by atoms with E-state index >= 15 is 0 Å². The summed E-state index contributed by atoms with van der Waals surface area (Å²) in [6.07, 6.45) is 3.24. The number of halogens is 1. The number of hydrogen-bond donors (Lipinski definition) is 1. The second-order valence-electron chi connectivity index (χ2n) is 6.59. The molecule has 0 saturated carbocycles. The van der Waals surface area contributed by atoms with E-state index in [2.05, 4.69) is 14.8 Å². The molecule has 0 fully saturated rings. The van der Waals surface area contributed by atoms with Crippen LogP contribution in [0.15, 0.2) is 86.4 Å². The number of sulfonamides is 1. The van der Waals surface area contributed by atoms with E-state index in [4.69, 9.17) is 0 Å². The average Bonchev–Trinajstić information content (AvgIpc) is 3.36. The van der Waals surface area contributed by atoms with E-state index in [9.17, 15) is 13.2 Å². The van der Waals surface area contributed by atoms with Crippen molar-refractivity contribution < 1.29 is 13.2 Å². The molecule has 3 heterocycles. The fourth-order valence-electron chi connectivity index (χ4n) is 2.90. The van der Waals surface area contributed by atoms with Gasteiger partial charge in [-0.25, -0.2) is 17.8 Å². The largest absolute Gasteiger partial charge is 0.274 e. The highest BCUT2D eigenvalue weighted by Gasteiger charge is 2.22. The van der Waals surface area contributed by atoms with Gasteiger partial charge in [0.2, 0.25) is 5.91 Å². The van der Waals surface area contributed by atoms with Gasteiger partial charge in [0.1, 0.15) is 4.21 Å². The number of hydrogen-bond acceptors (Lipinski definition) is 7. The van der Waals surface area contributed by atoms with Gasteiger partial charge in [-0.05, 0) is 49.4 Å². The van der Waals surface area contributed by atoms with Crippen LogP contribution < -0.4 is 4.72 Å². The van der Waals surface area contributed by atoms with Crippen LogP contribution in [-0.2, 0) is 21.2 Å². The second kappa shape index (κ2) is 10.3. The van der Waals surface area contributed by atoms with Gasteiger partial charge in [0.25, 0.3) is 10.0 Å². The summed E-state index contributed by atoms with van der Waals surface area (Å²) in [6.45, 7) is 1.82. The van der Waals surface area contributed by atoms with E-state index < -0.39 is 15.9 Å². The summed E-state index contributed by atoms with van der Waals surface area (Å²) in [5, 5.41) is 4.41. The van der Waals surface area contributed by atoms with Crippen LogP contribution in [0.3, 0.4) is 0 Å². The van der Waals surface area contributed by atoms with Crippen LogP contribution in [0.4, 0.5) is 0 Å². The van der Waals surface area contributed by atoms with E-state index in [0.29, 0.717) is 5.69 Å². The number of aromatic nitrogens is 3. The SMILES string of the molecule is Cc1cc(CC(=O)NS(=O)(=O)c2ccc(Sc3ccncc3)s2)n(-c2ccccc2)n1.Cl. The van der Waals surface area contributed by atoms with Crippen molar-refractivity contribution in [3.63, 3.8) is 0 Å². The van der Waals surface area contributed by atoms with Crippen LogP contribution in [0.2, 0.25) is 0 Å². The van der Waals surface area contributed by atoms with Crippen molar-refractivity contribution in [3.05, 3.63) is 84.4 Å². The first-order valence-electron chi connectivity index (χ1n) is 9.25. The van der Waals surface area contributed by atoms with Crippen molar-refractivity contribution in [1.29, 1.82) is 0 Å². The molecule has 0 atom stereocenters. The predicted octanol–water partition coefficient (Wildman–Crippen LogP) is 4.26. The van der Waals surface area contributed by atoms with Crippen LogP contribution in [-0.4, -0.2) is 29.1 Å². The van der Waals surface area contributed by atoms with Crippen LogP contribution >= 0.6 is 35.5 Å². The lowest BCUT2D eigenvalue weighted by molar-refractivity contribution is -0.118. The Labute approximate surface area is 200 Å². The third-order valence-electron chi connectivity index (χ3n) is 4.19. The lowest BCUT2D eigenvalue weighted by Gasteiger charge is -2.08. The molecule has 32 heavy (non-hydrogen) atoms. The molecule has 1 aromatic carbocycles. The van der Waals surface area contributed by atoms with Gasteiger partial charge >= 0.3 is 0 Å². The van der Waals surface area contributed by atoms with Crippen LogP contribution in [0, 0.1) is 6.92 Å². The highest BCUT2D eigenvalue weighted by molar-refractivity contribution is 8.01. The van der Waals surface area contributed by atoms with E-state index in [1.807, 2.05) is 49.4 Å². The van der Waals surface area contributed by atoms with Gasteiger partial charge in [0.05, 0.1) is 27.7 Å². The Morgan fingerprint density at radius 1 is 1.09 bits per heavy atom. The van der Waals surface area contributed by atoms with E-state index in [0.717, 1.165) is 31.8 Å². The fourth-order valence-corrected chi connectivity index (χ4v) is 6.43. The van der Waals surface area contributed by atoms with E-state index in [1.165, 1.54) is 17.8 Å². The number of amides is 1. The second-order valence-corrected chi connectivity index (χ2v) is 11.0. The molecule has 1 N–H and O–H groups in total. The Hall–Kier alpha value is -2.66. The van der Waals surface area contributed by atoms with Crippen molar-refractivity contribution >= 4 is 51.4 Å². The minimum Gasteiger partial charge on any atom is -0.274 e. The number of nitrogens with one attached hydrogen (secondary N) is 1. The first-order valence-corrected chi connectivity index (χ1v) is 12.4. The number of benzene rings is 1. The Bertz CT molecular complexity index is 1310. The first-order chi connectivity index (χ1) is 14.9. The van der Waals surface area contributed by atoms with Crippen molar-refractivity contribution in [3.8, 4) is 5.69 Å². The minimum atomic E-state index is -3.96. The number of nitrogens with zero attached hydrogens (tertiary/aromatic N) is 3. The van der Waals surface area contributed by atoms with Crippen LogP contribution in [0.1, 0.15) is 11.4 Å². The van der Waals surface area contributed by atoms with Crippen LogP contribution in [0.5, 0.6) is 0 Å². The molecule has 0 bridgehead atoms. The molecule has 0 spiro atoms. The summed E-state index contributed by atoms with van der Waals surface area (Å²) in [7, 11) is -3.96. The summed E-state index contributed by atoms with van der Waals surface area (Å²) >= 11 is 2.55.